The van der Waals surface area contributed by atoms with Crippen molar-refractivity contribution in [1.82, 2.24) is 0 Å². The van der Waals surface area contributed by atoms with Crippen molar-refractivity contribution in [1.29, 1.82) is 0 Å². The Balaban J connectivity index is 2.06. The van der Waals surface area contributed by atoms with Crippen molar-refractivity contribution >= 4 is 35.6 Å². The zero-order valence-corrected chi connectivity index (χ0v) is 13.3. The molecule has 122 valence electrons. The molecule has 1 fully saturated rings. The van der Waals surface area contributed by atoms with Crippen molar-refractivity contribution < 1.29 is 32.6 Å². The van der Waals surface area contributed by atoms with Crippen molar-refractivity contribution in [2.45, 2.75) is 37.9 Å². The predicted molar refractivity (Wildman–Crippen MR) is 79.5 cm³/mol. The van der Waals surface area contributed by atoms with Crippen LogP contribution in [0.4, 0.5) is 0 Å². The molecule has 1 heterocycles. The summed E-state index contributed by atoms with van der Waals surface area (Å²) in [6, 6.07) is 0. The molecule has 0 aromatic carbocycles. The topological polar surface area (TPSA) is 102 Å². The SMILES string of the molecule is O=C(CCCCC(=O)OC1COS(=O)C1)OC(C[OH2+])CS. The molecule has 0 amide bonds. The third kappa shape index (κ3) is 7.79. The normalized spacial score (nSPS) is 22.8. The van der Waals surface area contributed by atoms with Crippen molar-refractivity contribution in [2.24, 2.45) is 0 Å². The molecular weight excluding hydrogens is 320 g/mol. The van der Waals surface area contributed by atoms with Crippen LogP contribution in [0.3, 0.4) is 0 Å². The van der Waals surface area contributed by atoms with Gasteiger partial charge in [0.25, 0.3) is 0 Å². The maximum atomic E-state index is 11.5. The van der Waals surface area contributed by atoms with Crippen LogP contribution in [0.25, 0.3) is 0 Å². The van der Waals surface area contributed by atoms with E-state index in [0.29, 0.717) is 18.6 Å². The van der Waals surface area contributed by atoms with E-state index in [1.165, 1.54) is 0 Å². The molecule has 1 saturated heterocycles. The number of carbonyl (C=O) groups is 2. The first-order chi connectivity index (χ1) is 10.0. The minimum Gasteiger partial charge on any atom is -0.459 e. The Morgan fingerprint density at radius 3 is 2.52 bits per heavy atom. The summed E-state index contributed by atoms with van der Waals surface area (Å²) in [4.78, 5) is 22.9. The van der Waals surface area contributed by atoms with Gasteiger partial charge in [0, 0.05) is 18.6 Å². The fraction of sp³-hybridized carbons (Fsp3) is 0.833. The number of hydrogen-bond donors (Lipinski definition) is 1. The summed E-state index contributed by atoms with van der Waals surface area (Å²) in [6.07, 6.45) is 0.513. The zero-order chi connectivity index (χ0) is 15.7. The Morgan fingerprint density at radius 2 is 2.00 bits per heavy atom. The van der Waals surface area contributed by atoms with Crippen LogP contribution < -0.4 is 0 Å². The van der Waals surface area contributed by atoms with Gasteiger partial charge in [0.2, 0.25) is 0 Å². The lowest BCUT2D eigenvalue weighted by molar-refractivity contribution is -0.151. The van der Waals surface area contributed by atoms with E-state index in [4.69, 9.17) is 18.8 Å². The van der Waals surface area contributed by atoms with Crippen molar-refractivity contribution in [3.05, 3.63) is 0 Å². The highest BCUT2D eigenvalue weighted by molar-refractivity contribution is 7.80. The zero-order valence-electron chi connectivity index (χ0n) is 11.6. The standard InChI is InChI=1S/C12H20O7S2/c13-5-9(7-20)18-11(14)3-1-2-4-12(15)19-10-6-17-21(16)8-10/h9-10,13,20H,1-8H2/p+1. The van der Waals surface area contributed by atoms with Crippen molar-refractivity contribution in [3.8, 4) is 0 Å². The first-order valence-corrected chi connectivity index (χ1v) is 8.58. The van der Waals surface area contributed by atoms with Crippen molar-refractivity contribution in [3.63, 3.8) is 0 Å². The number of esters is 2. The second kappa shape index (κ2) is 10.1. The van der Waals surface area contributed by atoms with Gasteiger partial charge in [0.1, 0.15) is 12.7 Å². The summed E-state index contributed by atoms with van der Waals surface area (Å²) in [5, 5.41) is 7.12. The van der Waals surface area contributed by atoms with Crippen LogP contribution in [0, 0.1) is 0 Å². The number of carbonyl (C=O) groups excluding carboxylic acids is 2. The van der Waals surface area contributed by atoms with Gasteiger partial charge in [-0.25, -0.2) is 4.21 Å². The average molecular weight is 341 g/mol. The largest absolute Gasteiger partial charge is 0.459 e. The Labute approximate surface area is 131 Å². The fourth-order valence-corrected chi connectivity index (χ4v) is 2.71. The Morgan fingerprint density at radius 1 is 1.33 bits per heavy atom. The van der Waals surface area contributed by atoms with E-state index >= 15 is 0 Å². The van der Waals surface area contributed by atoms with Gasteiger partial charge < -0.3 is 14.6 Å². The second-order valence-corrected chi connectivity index (χ2v) is 6.11. The van der Waals surface area contributed by atoms with Crippen LogP contribution >= 0.6 is 12.6 Å². The van der Waals surface area contributed by atoms with Crippen LogP contribution in [-0.4, -0.2) is 58.2 Å². The van der Waals surface area contributed by atoms with Crippen LogP contribution in [0.1, 0.15) is 25.7 Å². The molecule has 1 rings (SSSR count). The molecule has 21 heavy (non-hydrogen) atoms. The van der Waals surface area contributed by atoms with Crippen LogP contribution in [0.2, 0.25) is 0 Å². The molecule has 0 aliphatic carbocycles. The molecule has 0 saturated carbocycles. The Kier molecular flexibility index (Phi) is 8.90. The number of thiol groups is 1. The summed E-state index contributed by atoms with van der Waals surface area (Å²) in [6.45, 7) is 0.162. The number of unbranched alkanes of at least 4 members (excludes halogenated alkanes) is 1. The molecule has 7 nitrogen and oxygen atoms in total. The Bertz CT molecular complexity index is 371. The quantitative estimate of drug-likeness (QED) is 0.268. The molecule has 0 bridgehead atoms. The highest BCUT2D eigenvalue weighted by Gasteiger charge is 2.25. The van der Waals surface area contributed by atoms with E-state index in [1.807, 2.05) is 0 Å². The van der Waals surface area contributed by atoms with Gasteiger partial charge in [-0.15, -0.1) is 0 Å². The smallest absolute Gasteiger partial charge is 0.306 e. The molecule has 1 aliphatic heterocycles. The van der Waals surface area contributed by atoms with Gasteiger partial charge in [0.05, 0.1) is 5.75 Å². The van der Waals surface area contributed by atoms with Gasteiger partial charge in [-0.05, 0) is 12.8 Å². The van der Waals surface area contributed by atoms with E-state index in [1.54, 1.807) is 0 Å². The highest BCUT2D eigenvalue weighted by atomic mass is 32.2. The Hall–Kier alpha value is -0.640. The molecule has 1 aliphatic rings. The highest BCUT2D eigenvalue weighted by Crippen LogP contribution is 2.10. The van der Waals surface area contributed by atoms with Gasteiger partial charge in [-0.1, -0.05) is 0 Å². The number of rotatable bonds is 9. The monoisotopic (exact) mass is 341 g/mol. The lowest BCUT2D eigenvalue weighted by atomic mass is 10.2. The van der Waals surface area contributed by atoms with E-state index in [2.05, 4.69) is 12.6 Å². The third-order valence-corrected chi connectivity index (χ3v) is 4.20. The summed E-state index contributed by atoms with van der Waals surface area (Å²) in [5.41, 5.74) is 0. The average Bonchev–Trinajstić information content (AvgIpc) is 2.86. The minimum atomic E-state index is -1.35. The number of hydrogen-bond acceptors (Lipinski definition) is 7. The van der Waals surface area contributed by atoms with Crippen LogP contribution in [0.15, 0.2) is 0 Å². The lowest BCUT2D eigenvalue weighted by Gasteiger charge is -2.11. The van der Waals surface area contributed by atoms with Gasteiger partial charge >= 0.3 is 11.9 Å². The molecule has 2 N–H and O–H groups in total. The molecule has 0 aromatic heterocycles. The fourth-order valence-electron chi connectivity index (χ4n) is 1.64. The third-order valence-electron chi connectivity index (χ3n) is 2.75. The van der Waals surface area contributed by atoms with Gasteiger partial charge in [-0.3, -0.25) is 13.8 Å². The summed E-state index contributed by atoms with van der Waals surface area (Å²) < 4.78 is 25.8. The molecule has 3 atom stereocenters. The second-order valence-electron chi connectivity index (χ2n) is 4.57. The van der Waals surface area contributed by atoms with E-state index < -0.39 is 23.3 Å². The van der Waals surface area contributed by atoms with E-state index in [9.17, 15) is 13.8 Å². The van der Waals surface area contributed by atoms with Gasteiger partial charge in [0.15, 0.2) is 23.8 Å². The number of ether oxygens (including phenoxy) is 2. The van der Waals surface area contributed by atoms with Crippen molar-refractivity contribution in [2.75, 3.05) is 24.7 Å². The minimum absolute atomic E-state index is 0.00754. The molecule has 0 radical (unpaired) electrons. The van der Waals surface area contributed by atoms with Crippen LogP contribution in [-0.2, 0) is 34.3 Å². The summed E-state index contributed by atoms with van der Waals surface area (Å²) >= 11 is 2.63. The molecule has 9 heteroatoms. The molecular formula is C12H21O7S2+. The van der Waals surface area contributed by atoms with E-state index in [-0.39, 0.29) is 43.7 Å². The molecule has 0 spiro atoms. The predicted octanol–water partition coefficient (Wildman–Crippen LogP) is -0.281. The summed E-state index contributed by atoms with van der Waals surface area (Å²) in [7, 11) is 0. The van der Waals surface area contributed by atoms with E-state index in [0.717, 1.165) is 0 Å². The molecule has 3 unspecified atom stereocenters. The first kappa shape index (κ1) is 18.4. The molecule has 0 aromatic rings. The van der Waals surface area contributed by atoms with Crippen LogP contribution in [0.5, 0.6) is 0 Å². The van der Waals surface area contributed by atoms with Gasteiger partial charge in [-0.2, -0.15) is 12.6 Å². The first-order valence-electron chi connectivity index (χ1n) is 6.71. The summed E-state index contributed by atoms with van der Waals surface area (Å²) in [5.74, 6) is -0.215. The maximum absolute atomic E-state index is 11.5. The lowest BCUT2D eigenvalue weighted by Crippen LogP contribution is -2.23. The maximum Gasteiger partial charge on any atom is 0.306 e.